The lowest BCUT2D eigenvalue weighted by Gasteiger charge is -1.99. The van der Waals surface area contributed by atoms with Gasteiger partial charge in [0.1, 0.15) is 11.4 Å². The van der Waals surface area contributed by atoms with Crippen molar-refractivity contribution in [2.24, 2.45) is 0 Å². The van der Waals surface area contributed by atoms with Crippen LogP contribution >= 0.6 is 34.0 Å². The number of carbonyl (C=O) groups excluding carboxylic acids is 1. The Kier molecular flexibility index (Phi) is 4.20. The van der Waals surface area contributed by atoms with Crippen LogP contribution in [0.15, 0.2) is 59.4 Å². The van der Waals surface area contributed by atoms with Crippen molar-refractivity contribution in [3.05, 3.63) is 65.1 Å². The van der Waals surface area contributed by atoms with Gasteiger partial charge in [-0.3, -0.25) is 15.1 Å². The van der Waals surface area contributed by atoms with E-state index in [9.17, 15) is 4.79 Å². The molecule has 0 saturated heterocycles. The molecular weight excluding hydrogens is 358 g/mol. The quantitative estimate of drug-likeness (QED) is 0.535. The van der Waals surface area contributed by atoms with E-state index < -0.39 is 0 Å². The number of carbonyl (C=O) groups is 1. The number of nitrogens with one attached hydrogen (secondary N) is 1. The summed E-state index contributed by atoms with van der Waals surface area (Å²) in [6.07, 6.45) is 1.60. The van der Waals surface area contributed by atoms with Crippen LogP contribution in [0, 0.1) is 0 Å². The van der Waals surface area contributed by atoms with E-state index in [1.165, 1.54) is 11.3 Å². The van der Waals surface area contributed by atoms with E-state index in [4.69, 9.17) is 0 Å². The van der Waals surface area contributed by atoms with Gasteiger partial charge >= 0.3 is 0 Å². The number of aromatic nitrogens is 2. The van der Waals surface area contributed by atoms with Crippen LogP contribution in [0.2, 0.25) is 0 Å². The minimum absolute atomic E-state index is 0.250. The number of rotatable bonds is 4. The lowest BCUT2D eigenvalue weighted by molar-refractivity contribution is 0.102. The summed E-state index contributed by atoms with van der Waals surface area (Å²) < 4.78 is 0. The minimum Gasteiger partial charge on any atom is -0.296 e. The predicted octanol–water partition coefficient (Wildman–Crippen LogP) is 5.25. The maximum absolute atomic E-state index is 12.3. The fraction of sp³-hybridized carbons (Fsp3) is 0. The van der Waals surface area contributed by atoms with E-state index in [0.717, 1.165) is 20.3 Å². The van der Waals surface area contributed by atoms with Crippen molar-refractivity contribution in [3.8, 4) is 20.3 Å². The zero-order chi connectivity index (χ0) is 16.4. The van der Waals surface area contributed by atoms with E-state index >= 15 is 0 Å². The van der Waals surface area contributed by atoms with Gasteiger partial charge in [-0.1, -0.05) is 29.5 Å². The summed E-state index contributed by atoms with van der Waals surface area (Å²) in [5.74, 6) is -0.250. The van der Waals surface area contributed by atoms with Gasteiger partial charge in [-0.05, 0) is 35.0 Å². The molecule has 0 aromatic carbocycles. The van der Waals surface area contributed by atoms with E-state index in [0.29, 0.717) is 10.8 Å². The molecule has 7 heteroatoms. The van der Waals surface area contributed by atoms with Gasteiger partial charge in [-0.25, -0.2) is 4.98 Å². The van der Waals surface area contributed by atoms with Crippen molar-refractivity contribution < 1.29 is 4.79 Å². The molecule has 24 heavy (non-hydrogen) atoms. The van der Waals surface area contributed by atoms with Crippen LogP contribution in [-0.4, -0.2) is 15.9 Å². The maximum atomic E-state index is 12.3. The number of hydrogen-bond acceptors (Lipinski definition) is 6. The third kappa shape index (κ3) is 3.01. The molecule has 0 radical (unpaired) electrons. The minimum atomic E-state index is -0.250. The fourth-order valence-corrected chi connectivity index (χ4v) is 4.80. The van der Waals surface area contributed by atoms with Crippen molar-refractivity contribution in [1.82, 2.24) is 9.97 Å². The monoisotopic (exact) mass is 369 g/mol. The normalized spacial score (nSPS) is 10.7. The Morgan fingerprint density at radius 3 is 2.42 bits per heavy atom. The molecule has 0 unspecified atom stereocenters. The van der Waals surface area contributed by atoms with E-state index in [1.807, 2.05) is 29.0 Å². The second kappa shape index (κ2) is 6.64. The molecule has 0 aliphatic rings. The zero-order valence-electron chi connectivity index (χ0n) is 12.3. The number of amides is 1. The van der Waals surface area contributed by atoms with Gasteiger partial charge < -0.3 is 0 Å². The van der Waals surface area contributed by atoms with Crippen molar-refractivity contribution in [2.75, 3.05) is 5.32 Å². The second-order valence-corrected chi connectivity index (χ2v) is 7.71. The summed E-state index contributed by atoms with van der Waals surface area (Å²) in [5.41, 5.74) is 1.29. The molecule has 1 amide bonds. The first kappa shape index (κ1) is 15.2. The average Bonchev–Trinajstić information content (AvgIpc) is 3.36. The summed E-state index contributed by atoms with van der Waals surface area (Å²) in [4.78, 5) is 24.3. The molecule has 0 atom stereocenters. The second-order valence-electron chi connectivity index (χ2n) is 4.82. The highest BCUT2D eigenvalue weighted by Crippen LogP contribution is 2.42. The first-order chi connectivity index (χ1) is 11.8. The van der Waals surface area contributed by atoms with Gasteiger partial charge in [0.15, 0.2) is 5.13 Å². The van der Waals surface area contributed by atoms with Crippen LogP contribution in [-0.2, 0) is 0 Å². The first-order valence-corrected chi connectivity index (χ1v) is 9.70. The van der Waals surface area contributed by atoms with Crippen LogP contribution < -0.4 is 5.32 Å². The number of thiazole rings is 1. The first-order valence-electron chi connectivity index (χ1n) is 7.12. The smallest absolute Gasteiger partial charge is 0.276 e. The molecule has 0 bridgehead atoms. The van der Waals surface area contributed by atoms with Crippen molar-refractivity contribution in [3.63, 3.8) is 0 Å². The molecule has 118 valence electrons. The Morgan fingerprint density at radius 1 is 0.958 bits per heavy atom. The Hall–Kier alpha value is -2.35. The Morgan fingerprint density at radius 2 is 1.75 bits per heavy atom. The molecule has 4 aromatic heterocycles. The van der Waals surface area contributed by atoms with Crippen molar-refractivity contribution >= 4 is 45.0 Å². The van der Waals surface area contributed by atoms with E-state index in [2.05, 4.69) is 21.4 Å². The largest absolute Gasteiger partial charge is 0.296 e. The van der Waals surface area contributed by atoms with Crippen molar-refractivity contribution in [1.29, 1.82) is 0 Å². The summed E-state index contributed by atoms with van der Waals surface area (Å²) in [7, 11) is 0. The highest BCUT2D eigenvalue weighted by Gasteiger charge is 2.18. The summed E-state index contributed by atoms with van der Waals surface area (Å²) >= 11 is 4.79. The predicted molar refractivity (Wildman–Crippen MR) is 101 cm³/mol. The van der Waals surface area contributed by atoms with Gasteiger partial charge in [0, 0.05) is 11.1 Å². The molecule has 4 heterocycles. The van der Waals surface area contributed by atoms with Gasteiger partial charge in [0.2, 0.25) is 0 Å². The third-order valence-corrected chi connectivity index (χ3v) is 6.14. The molecule has 4 rings (SSSR count). The van der Waals surface area contributed by atoms with Crippen LogP contribution in [0.4, 0.5) is 5.13 Å². The zero-order valence-corrected chi connectivity index (χ0v) is 14.8. The van der Waals surface area contributed by atoms with Crippen LogP contribution in [0.1, 0.15) is 10.5 Å². The molecule has 1 N–H and O–H groups in total. The number of anilines is 1. The average molecular weight is 369 g/mol. The Labute approximate surface area is 150 Å². The molecule has 0 fully saturated rings. The lowest BCUT2D eigenvalue weighted by Crippen LogP contribution is -2.13. The maximum Gasteiger partial charge on any atom is 0.276 e. The standard InChI is InChI=1S/C17H11N3OS3/c21-16(11-5-1-2-8-18-11)20-17-19-14(12-6-3-9-22-12)15(24-17)13-7-4-10-23-13/h1-10H,(H,19,20,21). The number of thiophene rings is 2. The Bertz CT molecular complexity index is 893. The van der Waals surface area contributed by atoms with Gasteiger partial charge in [-0.2, -0.15) is 0 Å². The van der Waals surface area contributed by atoms with E-state index in [-0.39, 0.29) is 5.91 Å². The Balaban J connectivity index is 1.70. The van der Waals surface area contributed by atoms with E-state index in [1.54, 1.807) is 47.1 Å². The lowest BCUT2D eigenvalue weighted by atomic mass is 10.3. The van der Waals surface area contributed by atoms with Crippen molar-refractivity contribution in [2.45, 2.75) is 0 Å². The summed E-state index contributed by atoms with van der Waals surface area (Å²) in [6.45, 7) is 0. The number of hydrogen-bond donors (Lipinski definition) is 1. The summed E-state index contributed by atoms with van der Waals surface area (Å²) in [6, 6.07) is 13.4. The highest BCUT2D eigenvalue weighted by atomic mass is 32.1. The summed E-state index contributed by atoms with van der Waals surface area (Å²) in [5, 5.41) is 7.51. The molecule has 0 aliphatic heterocycles. The fourth-order valence-electron chi connectivity index (χ4n) is 2.19. The highest BCUT2D eigenvalue weighted by molar-refractivity contribution is 7.24. The van der Waals surface area contributed by atoms with Gasteiger partial charge in [-0.15, -0.1) is 22.7 Å². The molecule has 4 aromatic rings. The van der Waals surface area contributed by atoms with Gasteiger partial charge in [0.05, 0.1) is 9.75 Å². The molecule has 0 saturated carbocycles. The third-order valence-electron chi connectivity index (χ3n) is 3.24. The topological polar surface area (TPSA) is 54.9 Å². The molecule has 0 spiro atoms. The molecule has 0 aliphatic carbocycles. The molecular formula is C17H11N3OS3. The molecule has 4 nitrogen and oxygen atoms in total. The number of nitrogens with zero attached hydrogens (tertiary/aromatic N) is 2. The van der Waals surface area contributed by atoms with Crippen LogP contribution in [0.5, 0.6) is 0 Å². The van der Waals surface area contributed by atoms with Crippen LogP contribution in [0.3, 0.4) is 0 Å². The SMILES string of the molecule is O=C(Nc1nc(-c2cccs2)c(-c2cccs2)s1)c1ccccn1. The number of pyridine rings is 1. The van der Waals surface area contributed by atoms with Crippen LogP contribution in [0.25, 0.3) is 20.3 Å². The van der Waals surface area contributed by atoms with Gasteiger partial charge in [0.25, 0.3) is 5.91 Å².